The van der Waals surface area contributed by atoms with Crippen molar-refractivity contribution in [3.63, 3.8) is 0 Å². The molecule has 0 saturated carbocycles. The zero-order chi connectivity index (χ0) is 12.5. The van der Waals surface area contributed by atoms with Gasteiger partial charge in [-0.2, -0.15) is 26.3 Å². The zero-order valence-electron chi connectivity index (χ0n) is 6.89. The van der Waals surface area contributed by atoms with Crippen LogP contribution in [0.4, 0.5) is 26.3 Å². The van der Waals surface area contributed by atoms with Gasteiger partial charge in [0.05, 0.1) is 0 Å². The quantitative estimate of drug-likeness (QED) is 0.462. The molecule has 0 rings (SSSR count). The standard InChI is InChI=1S/C5H5F6NO3/c6-4(7,8)1-3(2-13,12(14)15)5(9,10)11/h13H,1-2H2. The van der Waals surface area contributed by atoms with E-state index in [1.54, 1.807) is 0 Å². The number of aliphatic hydroxyl groups is 1. The summed E-state index contributed by atoms with van der Waals surface area (Å²) < 4.78 is 71.3. The van der Waals surface area contributed by atoms with E-state index < -0.39 is 35.8 Å². The molecule has 4 nitrogen and oxygen atoms in total. The Morgan fingerprint density at radius 2 is 1.53 bits per heavy atom. The van der Waals surface area contributed by atoms with Crippen LogP contribution < -0.4 is 0 Å². The summed E-state index contributed by atoms with van der Waals surface area (Å²) in [5, 5.41) is 18.2. The molecule has 10 heteroatoms. The van der Waals surface area contributed by atoms with Crippen LogP contribution in [-0.4, -0.2) is 34.5 Å². The van der Waals surface area contributed by atoms with Crippen molar-refractivity contribution >= 4 is 0 Å². The summed E-state index contributed by atoms with van der Waals surface area (Å²) in [5.74, 6) is 0. The van der Waals surface area contributed by atoms with Gasteiger partial charge in [0.15, 0.2) is 0 Å². The van der Waals surface area contributed by atoms with Gasteiger partial charge in [0.25, 0.3) is 0 Å². The first-order valence-corrected chi connectivity index (χ1v) is 3.35. The molecule has 0 bridgehead atoms. The topological polar surface area (TPSA) is 63.4 Å². The van der Waals surface area contributed by atoms with E-state index in [2.05, 4.69) is 0 Å². The first-order chi connectivity index (χ1) is 6.46. The third-order valence-corrected chi connectivity index (χ3v) is 1.63. The molecule has 1 N–H and O–H groups in total. The van der Waals surface area contributed by atoms with E-state index >= 15 is 0 Å². The number of rotatable bonds is 3. The lowest BCUT2D eigenvalue weighted by atomic mass is 9.96. The minimum absolute atomic E-state index is 2.17. The monoisotopic (exact) mass is 241 g/mol. The number of nitrogens with zero attached hydrogens (tertiary/aromatic N) is 1. The maximum absolute atomic E-state index is 12.1. The molecule has 0 amide bonds. The molecule has 0 heterocycles. The summed E-state index contributed by atoms with van der Waals surface area (Å²) in [6.45, 7) is -2.26. The normalized spacial score (nSPS) is 17.3. The molecule has 0 spiro atoms. The fraction of sp³-hybridized carbons (Fsp3) is 1.00. The van der Waals surface area contributed by atoms with Gasteiger partial charge < -0.3 is 5.11 Å². The lowest BCUT2D eigenvalue weighted by Crippen LogP contribution is -2.57. The van der Waals surface area contributed by atoms with Crippen LogP contribution in [0.3, 0.4) is 0 Å². The Hall–Kier alpha value is -1.06. The minimum Gasteiger partial charge on any atom is -0.388 e. The van der Waals surface area contributed by atoms with E-state index in [-0.39, 0.29) is 0 Å². The van der Waals surface area contributed by atoms with Crippen molar-refractivity contribution in [2.45, 2.75) is 24.3 Å². The number of aliphatic hydroxyl groups excluding tert-OH is 1. The molecule has 90 valence electrons. The summed E-state index contributed by atoms with van der Waals surface area (Å²) in [4.78, 5) is 7.84. The van der Waals surface area contributed by atoms with Crippen LogP contribution in [-0.2, 0) is 0 Å². The predicted octanol–water partition coefficient (Wildman–Crippen LogP) is 1.51. The lowest BCUT2D eigenvalue weighted by molar-refractivity contribution is -0.623. The van der Waals surface area contributed by atoms with E-state index in [1.807, 2.05) is 0 Å². The van der Waals surface area contributed by atoms with Crippen molar-refractivity contribution < 1.29 is 36.4 Å². The van der Waals surface area contributed by atoms with Crippen molar-refractivity contribution in [2.75, 3.05) is 6.61 Å². The fourth-order valence-corrected chi connectivity index (χ4v) is 0.803. The number of halogens is 6. The van der Waals surface area contributed by atoms with Crippen LogP contribution >= 0.6 is 0 Å². The fourth-order valence-electron chi connectivity index (χ4n) is 0.803. The molecule has 0 aliphatic heterocycles. The molecule has 0 aromatic heterocycles. The highest BCUT2D eigenvalue weighted by Crippen LogP contribution is 2.40. The number of hydrogen-bond donors (Lipinski definition) is 1. The first-order valence-electron chi connectivity index (χ1n) is 3.35. The molecule has 0 fully saturated rings. The van der Waals surface area contributed by atoms with E-state index in [4.69, 9.17) is 5.11 Å². The van der Waals surface area contributed by atoms with Crippen LogP contribution in [0, 0.1) is 10.1 Å². The summed E-state index contributed by atoms with van der Waals surface area (Å²) in [7, 11) is 0. The molecule has 0 aromatic carbocycles. The van der Waals surface area contributed by atoms with Gasteiger partial charge in [0.2, 0.25) is 0 Å². The Kier molecular flexibility index (Phi) is 3.56. The van der Waals surface area contributed by atoms with E-state index in [0.29, 0.717) is 0 Å². The minimum atomic E-state index is -5.78. The summed E-state index contributed by atoms with van der Waals surface area (Å²) in [5.41, 5.74) is -4.38. The third-order valence-electron chi connectivity index (χ3n) is 1.63. The number of hydrogen-bond acceptors (Lipinski definition) is 3. The molecule has 0 saturated heterocycles. The Morgan fingerprint density at radius 3 is 1.60 bits per heavy atom. The average molecular weight is 241 g/mol. The van der Waals surface area contributed by atoms with Crippen molar-refractivity contribution in [3.05, 3.63) is 10.1 Å². The third kappa shape index (κ3) is 2.94. The predicted molar refractivity (Wildman–Crippen MR) is 33.5 cm³/mol. The summed E-state index contributed by atoms with van der Waals surface area (Å²) in [6.07, 6.45) is -13.9. The van der Waals surface area contributed by atoms with Gasteiger partial charge >= 0.3 is 17.9 Å². The first kappa shape index (κ1) is 13.9. The van der Waals surface area contributed by atoms with E-state index in [1.165, 1.54) is 0 Å². The Balaban J connectivity index is 5.29. The molecular weight excluding hydrogens is 236 g/mol. The van der Waals surface area contributed by atoms with Crippen LogP contribution in [0.25, 0.3) is 0 Å². The molecule has 0 aliphatic rings. The Labute approximate surface area is 78.6 Å². The van der Waals surface area contributed by atoms with Crippen LogP contribution in [0.1, 0.15) is 6.42 Å². The maximum atomic E-state index is 12.1. The van der Waals surface area contributed by atoms with Gasteiger partial charge in [-0.3, -0.25) is 10.1 Å². The summed E-state index contributed by atoms with van der Waals surface area (Å²) >= 11 is 0. The Bertz CT molecular complexity index is 248. The van der Waals surface area contributed by atoms with Gasteiger partial charge in [-0.1, -0.05) is 0 Å². The van der Waals surface area contributed by atoms with Crippen LogP contribution in [0.15, 0.2) is 0 Å². The summed E-state index contributed by atoms with van der Waals surface area (Å²) in [6, 6.07) is 0. The SMILES string of the molecule is O=[N+]([O-])C(CO)(CC(F)(F)F)C(F)(F)F. The zero-order valence-corrected chi connectivity index (χ0v) is 6.89. The molecule has 0 radical (unpaired) electrons. The van der Waals surface area contributed by atoms with Gasteiger partial charge in [-0.05, 0) is 0 Å². The average Bonchev–Trinajstić information content (AvgIpc) is 1.95. The molecule has 0 aliphatic carbocycles. The smallest absolute Gasteiger partial charge is 0.388 e. The van der Waals surface area contributed by atoms with Gasteiger partial charge in [-0.25, -0.2) is 0 Å². The second-order valence-electron chi connectivity index (χ2n) is 2.74. The highest BCUT2D eigenvalue weighted by atomic mass is 19.4. The van der Waals surface area contributed by atoms with Crippen molar-refractivity contribution in [2.24, 2.45) is 0 Å². The van der Waals surface area contributed by atoms with Crippen molar-refractivity contribution in [1.29, 1.82) is 0 Å². The maximum Gasteiger partial charge on any atom is 0.463 e. The van der Waals surface area contributed by atoms with E-state index in [0.717, 1.165) is 0 Å². The second-order valence-corrected chi connectivity index (χ2v) is 2.74. The molecule has 1 atom stereocenters. The molecule has 1 unspecified atom stereocenters. The van der Waals surface area contributed by atoms with Gasteiger partial charge in [0.1, 0.15) is 13.0 Å². The largest absolute Gasteiger partial charge is 0.463 e. The molecular formula is C5H5F6NO3. The Morgan fingerprint density at radius 1 is 1.13 bits per heavy atom. The van der Waals surface area contributed by atoms with Crippen molar-refractivity contribution in [3.8, 4) is 0 Å². The second kappa shape index (κ2) is 3.83. The van der Waals surface area contributed by atoms with Gasteiger partial charge in [-0.15, -0.1) is 0 Å². The van der Waals surface area contributed by atoms with Crippen LogP contribution in [0.2, 0.25) is 0 Å². The van der Waals surface area contributed by atoms with Gasteiger partial charge in [0, 0.05) is 4.92 Å². The van der Waals surface area contributed by atoms with E-state index in [9.17, 15) is 36.5 Å². The highest BCUT2D eigenvalue weighted by Gasteiger charge is 2.69. The highest BCUT2D eigenvalue weighted by molar-refractivity contribution is 4.89. The molecule has 0 aromatic rings. The lowest BCUT2D eigenvalue weighted by Gasteiger charge is -2.26. The number of nitro groups is 1. The van der Waals surface area contributed by atoms with Crippen molar-refractivity contribution in [1.82, 2.24) is 0 Å². The number of alkyl halides is 6. The molecule has 15 heavy (non-hydrogen) atoms. The van der Waals surface area contributed by atoms with Crippen LogP contribution in [0.5, 0.6) is 0 Å².